The van der Waals surface area contributed by atoms with E-state index in [9.17, 15) is 4.79 Å². The van der Waals surface area contributed by atoms with Crippen molar-refractivity contribution in [3.8, 4) is 0 Å². The molecule has 0 aliphatic carbocycles. The number of piperidine rings is 1. The highest BCUT2D eigenvalue weighted by atomic mass is 16.1. The van der Waals surface area contributed by atoms with Crippen LogP contribution < -0.4 is 11.1 Å². The number of carbonyl (C=O) groups excluding carboxylic acids is 1. The summed E-state index contributed by atoms with van der Waals surface area (Å²) in [6.07, 6.45) is 3.76. The molecule has 1 aliphatic heterocycles. The van der Waals surface area contributed by atoms with Crippen LogP contribution in [-0.2, 0) is 4.79 Å². The lowest BCUT2D eigenvalue weighted by Gasteiger charge is -2.24. The van der Waals surface area contributed by atoms with E-state index < -0.39 is 0 Å². The highest BCUT2D eigenvalue weighted by molar-refractivity contribution is 5.75. The monoisotopic (exact) mass is 199 g/mol. The molecule has 0 radical (unpaired) electrons. The van der Waals surface area contributed by atoms with Crippen molar-refractivity contribution in [3.05, 3.63) is 0 Å². The van der Waals surface area contributed by atoms with Gasteiger partial charge in [0.15, 0.2) is 0 Å². The van der Waals surface area contributed by atoms with Crippen LogP contribution in [0, 0.1) is 5.92 Å². The molecule has 0 aromatic rings. The average molecular weight is 199 g/mol. The Hall–Kier alpha value is -0.610. The first kappa shape index (κ1) is 11.5. The zero-order chi connectivity index (χ0) is 10.4. The molecule has 1 saturated heterocycles. The van der Waals surface area contributed by atoms with Gasteiger partial charge in [-0.2, -0.15) is 0 Å². The Morgan fingerprint density at radius 3 is 3.00 bits per heavy atom. The molecule has 1 unspecified atom stereocenters. The highest BCUT2D eigenvalue weighted by Crippen LogP contribution is 2.13. The summed E-state index contributed by atoms with van der Waals surface area (Å²) in [5.41, 5.74) is 5.11. The van der Waals surface area contributed by atoms with Gasteiger partial charge in [-0.3, -0.25) is 9.69 Å². The molecule has 0 saturated carbocycles. The van der Waals surface area contributed by atoms with Gasteiger partial charge in [0.2, 0.25) is 5.91 Å². The van der Waals surface area contributed by atoms with Crippen LogP contribution in [0.25, 0.3) is 0 Å². The van der Waals surface area contributed by atoms with Gasteiger partial charge in [-0.15, -0.1) is 0 Å². The molecule has 4 heteroatoms. The number of carbonyl (C=O) groups is 1. The third kappa shape index (κ3) is 4.58. The third-order valence-electron chi connectivity index (χ3n) is 2.74. The predicted molar refractivity (Wildman–Crippen MR) is 56.9 cm³/mol. The van der Waals surface area contributed by atoms with Crippen LogP contribution in [0.5, 0.6) is 0 Å². The van der Waals surface area contributed by atoms with Crippen molar-refractivity contribution in [1.82, 2.24) is 10.2 Å². The fourth-order valence-corrected chi connectivity index (χ4v) is 1.92. The minimum atomic E-state index is -0.241. The SMILES string of the molecule is CN(CCC1CCCNC1)CC(N)=O. The number of likely N-dealkylation sites (N-methyl/N-ethyl adjacent to an activating group) is 1. The quantitative estimate of drug-likeness (QED) is 0.644. The van der Waals surface area contributed by atoms with Crippen LogP contribution in [-0.4, -0.2) is 44.0 Å². The first-order valence-corrected chi connectivity index (χ1v) is 5.36. The van der Waals surface area contributed by atoms with E-state index in [-0.39, 0.29) is 5.91 Å². The van der Waals surface area contributed by atoms with E-state index in [0.29, 0.717) is 6.54 Å². The van der Waals surface area contributed by atoms with E-state index in [1.54, 1.807) is 0 Å². The molecule has 82 valence electrons. The van der Waals surface area contributed by atoms with Crippen molar-refractivity contribution in [1.29, 1.82) is 0 Å². The largest absolute Gasteiger partial charge is 0.369 e. The molecule has 14 heavy (non-hydrogen) atoms. The van der Waals surface area contributed by atoms with E-state index in [0.717, 1.165) is 32.0 Å². The first-order chi connectivity index (χ1) is 6.68. The lowest BCUT2D eigenvalue weighted by Crippen LogP contribution is -2.35. The summed E-state index contributed by atoms with van der Waals surface area (Å²) in [5.74, 6) is 0.536. The van der Waals surface area contributed by atoms with Gasteiger partial charge < -0.3 is 11.1 Å². The normalized spacial score (nSPS) is 22.6. The van der Waals surface area contributed by atoms with Gasteiger partial charge in [-0.05, 0) is 51.9 Å². The van der Waals surface area contributed by atoms with Crippen LogP contribution in [0.4, 0.5) is 0 Å². The van der Waals surface area contributed by atoms with Crippen LogP contribution >= 0.6 is 0 Å². The number of hydrogen-bond acceptors (Lipinski definition) is 3. The minimum Gasteiger partial charge on any atom is -0.369 e. The molecule has 1 fully saturated rings. The number of nitrogens with zero attached hydrogens (tertiary/aromatic N) is 1. The standard InChI is InChI=1S/C10H21N3O/c1-13(8-10(11)14)6-4-9-3-2-5-12-7-9/h9,12H,2-8H2,1H3,(H2,11,14). The topological polar surface area (TPSA) is 58.4 Å². The molecule has 0 spiro atoms. The fraction of sp³-hybridized carbons (Fsp3) is 0.900. The van der Waals surface area contributed by atoms with Crippen LogP contribution in [0.15, 0.2) is 0 Å². The summed E-state index contributed by atoms with van der Waals surface area (Å²) >= 11 is 0. The summed E-state index contributed by atoms with van der Waals surface area (Å²) in [5, 5.41) is 3.39. The lowest BCUT2D eigenvalue weighted by atomic mass is 9.96. The van der Waals surface area contributed by atoms with Crippen molar-refractivity contribution in [2.24, 2.45) is 11.7 Å². The third-order valence-corrected chi connectivity index (χ3v) is 2.74. The number of rotatable bonds is 5. The van der Waals surface area contributed by atoms with Gasteiger partial charge in [0.05, 0.1) is 6.54 Å². The number of nitrogens with two attached hydrogens (primary N) is 1. The van der Waals surface area contributed by atoms with E-state index in [2.05, 4.69) is 5.32 Å². The molecular formula is C10H21N3O. The second kappa shape index (κ2) is 5.98. The van der Waals surface area contributed by atoms with E-state index in [4.69, 9.17) is 5.73 Å². The molecule has 0 bridgehead atoms. The van der Waals surface area contributed by atoms with Crippen molar-refractivity contribution < 1.29 is 4.79 Å². The Kier molecular flexibility index (Phi) is 4.90. The summed E-state index contributed by atoms with van der Waals surface area (Å²) in [6.45, 7) is 3.63. The predicted octanol–water partition coefficient (Wildman–Crippen LogP) is -0.207. The Morgan fingerprint density at radius 2 is 2.43 bits per heavy atom. The number of hydrogen-bond donors (Lipinski definition) is 2. The van der Waals surface area contributed by atoms with Crippen molar-refractivity contribution in [3.63, 3.8) is 0 Å². The Labute approximate surface area is 85.8 Å². The maximum absolute atomic E-state index is 10.6. The summed E-state index contributed by atoms with van der Waals surface area (Å²) in [4.78, 5) is 12.6. The molecular weight excluding hydrogens is 178 g/mol. The average Bonchev–Trinajstić information content (AvgIpc) is 2.15. The Balaban J connectivity index is 2.09. The molecule has 3 N–H and O–H groups in total. The van der Waals surface area contributed by atoms with Crippen molar-refractivity contribution in [2.45, 2.75) is 19.3 Å². The number of primary amides is 1. The van der Waals surface area contributed by atoms with Crippen molar-refractivity contribution >= 4 is 5.91 Å². The van der Waals surface area contributed by atoms with Crippen LogP contribution in [0.3, 0.4) is 0 Å². The highest BCUT2D eigenvalue weighted by Gasteiger charge is 2.13. The summed E-state index contributed by atoms with van der Waals surface area (Å²) < 4.78 is 0. The van der Waals surface area contributed by atoms with Crippen molar-refractivity contribution in [2.75, 3.05) is 33.2 Å². The molecule has 1 amide bonds. The maximum atomic E-state index is 10.6. The Bertz CT molecular complexity index is 178. The fourth-order valence-electron chi connectivity index (χ4n) is 1.92. The molecule has 1 aliphatic rings. The second-order valence-electron chi connectivity index (χ2n) is 4.21. The van der Waals surface area contributed by atoms with E-state index >= 15 is 0 Å². The van der Waals surface area contributed by atoms with Crippen LogP contribution in [0.1, 0.15) is 19.3 Å². The molecule has 4 nitrogen and oxygen atoms in total. The van der Waals surface area contributed by atoms with Gasteiger partial charge in [-0.1, -0.05) is 0 Å². The summed E-state index contributed by atoms with van der Waals surface area (Å²) in [6, 6.07) is 0. The molecule has 0 aromatic carbocycles. The number of amides is 1. The van der Waals surface area contributed by atoms with Gasteiger partial charge in [0.1, 0.15) is 0 Å². The molecule has 1 rings (SSSR count). The smallest absolute Gasteiger partial charge is 0.231 e. The molecule has 1 heterocycles. The van der Waals surface area contributed by atoms with Gasteiger partial charge >= 0.3 is 0 Å². The van der Waals surface area contributed by atoms with Gasteiger partial charge in [-0.25, -0.2) is 0 Å². The molecule has 1 atom stereocenters. The molecule has 0 aromatic heterocycles. The lowest BCUT2D eigenvalue weighted by molar-refractivity contribution is -0.118. The second-order valence-corrected chi connectivity index (χ2v) is 4.21. The minimum absolute atomic E-state index is 0.241. The Morgan fingerprint density at radius 1 is 1.64 bits per heavy atom. The van der Waals surface area contributed by atoms with E-state index in [1.165, 1.54) is 12.8 Å². The zero-order valence-electron chi connectivity index (χ0n) is 8.96. The van der Waals surface area contributed by atoms with E-state index in [1.807, 2.05) is 11.9 Å². The number of nitrogens with one attached hydrogen (secondary N) is 1. The van der Waals surface area contributed by atoms with Gasteiger partial charge in [0, 0.05) is 0 Å². The first-order valence-electron chi connectivity index (χ1n) is 5.36. The zero-order valence-corrected chi connectivity index (χ0v) is 8.96. The summed E-state index contributed by atoms with van der Waals surface area (Å²) in [7, 11) is 1.95. The van der Waals surface area contributed by atoms with Crippen LogP contribution in [0.2, 0.25) is 0 Å². The maximum Gasteiger partial charge on any atom is 0.231 e. The van der Waals surface area contributed by atoms with Gasteiger partial charge in [0.25, 0.3) is 0 Å².